The molecule has 2 aliphatic rings. The zero-order chi connectivity index (χ0) is 36.2. The second-order valence-corrected chi connectivity index (χ2v) is 13.8. The normalized spacial score (nSPS) is 17.4. The first-order valence-corrected chi connectivity index (χ1v) is 17.5. The molecule has 0 saturated carbocycles. The summed E-state index contributed by atoms with van der Waals surface area (Å²) in [5.41, 5.74) is 9.06. The summed E-state index contributed by atoms with van der Waals surface area (Å²) in [6.45, 7) is 4.08. The highest BCUT2D eigenvalue weighted by Gasteiger charge is 2.52. The molecule has 3 N–H and O–H groups in total. The molecule has 2 atom stereocenters. The quantitative estimate of drug-likeness (QED) is 0.158. The first kappa shape index (κ1) is 35.9. The van der Waals surface area contributed by atoms with Crippen molar-refractivity contribution in [1.29, 1.82) is 0 Å². The number of fused-ring (bicyclic) bond motifs is 2. The number of esters is 1. The number of piperazine rings is 1. The van der Waals surface area contributed by atoms with Crippen molar-refractivity contribution >= 4 is 73.7 Å². The number of nitrogens with one attached hydrogen (secondary N) is 1. The van der Waals surface area contributed by atoms with Crippen LogP contribution in [0.25, 0.3) is 10.2 Å². The molecule has 1 aromatic heterocycles. The lowest BCUT2D eigenvalue weighted by molar-refractivity contribution is -0.157. The number of anilines is 1. The van der Waals surface area contributed by atoms with Crippen LogP contribution in [0.15, 0.2) is 73.3 Å². The Balaban J connectivity index is 1.28. The van der Waals surface area contributed by atoms with Crippen molar-refractivity contribution in [3.05, 3.63) is 100 Å². The molecule has 16 heteroatoms. The minimum absolute atomic E-state index is 0.105. The number of hydrazine groups is 1. The molecular formula is C35H35Cl2N7O6S. The fourth-order valence-corrected chi connectivity index (χ4v) is 7.34. The molecule has 2 aliphatic heterocycles. The van der Waals surface area contributed by atoms with E-state index in [-0.39, 0.29) is 57.6 Å². The summed E-state index contributed by atoms with van der Waals surface area (Å²) in [6, 6.07) is 16.4. The van der Waals surface area contributed by atoms with E-state index in [1.54, 1.807) is 63.3 Å². The minimum atomic E-state index is -0.882. The molecule has 0 aliphatic carbocycles. The summed E-state index contributed by atoms with van der Waals surface area (Å²) in [6.07, 6.45) is 1.10. The molecule has 2 saturated heterocycles. The van der Waals surface area contributed by atoms with Gasteiger partial charge in [-0.15, -0.1) is 6.58 Å². The number of aromatic nitrogens is 1. The van der Waals surface area contributed by atoms with E-state index in [9.17, 15) is 19.2 Å². The second-order valence-electron chi connectivity index (χ2n) is 11.9. The SMILES string of the molecule is C=CCN(C(=O)NCc1ccc(Cl)c(Cl)c1)N1CC(=O)N2[C@@H](Cc3ccc(OCC(=O)OC)cc3)C(=O)N(Cc3cccc4sc(N)nc34)C[C@@H]21. The zero-order valence-corrected chi connectivity index (χ0v) is 29.9. The molecule has 6 rings (SSSR count). The number of nitrogen functional groups attached to an aromatic ring is 1. The molecule has 0 radical (unpaired) electrons. The van der Waals surface area contributed by atoms with E-state index in [2.05, 4.69) is 21.6 Å². The van der Waals surface area contributed by atoms with Gasteiger partial charge in [-0.1, -0.05) is 70.9 Å². The van der Waals surface area contributed by atoms with E-state index >= 15 is 0 Å². The van der Waals surface area contributed by atoms with Gasteiger partial charge in [0.25, 0.3) is 0 Å². The maximum Gasteiger partial charge on any atom is 0.343 e. The topological polar surface area (TPSA) is 151 Å². The van der Waals surface area contributed by atoms with Gasteiger partial charge in [0.1, 0.15) is 18.0 Å². The molecule has 2 fully saturated rings. The van der Waals surface area contributed by atoms with E-state index in [4.69, 9.17) is 33.7 Å². The van der Waals surface area contributed by atoms with Gasteiger partial charge in [0, 0.05) is 19.5 Å². The lowest BCUT2D eigenvalue weighted by Gasteiger charge is -2.46. The van der Waals surface area contributed by atoms with Crippen LogP contribution >= 0.6 is 34.5 Å². The summed E-state index contributed by atoms with van der Waals surface area (Å²) in [7, 11) is 1.28. The molecule has 51 heavy (non-hydrogen) atoms. The molecule has 3 heterocycles. The largest absolute Gasteiger partial charge is 0.482 e. The number of nitrogens with two attached hydrogens (primary N) is 1. The Hall–Kier alpha value is -4.89. The van der Waals surface area contributed by atoms with Crippen molar-refractivity contribution < 1.29 is 28.7 Å². The van der Waals surface area contributed by atoms with Gasteiger partial charge >= 0.3 is 12.0 Å². The number of hydrogen-bond acceptors (Lipinski definition) is 10. The Labute approximate surface area is 308 Å². The number of para-hydroxylation sites is 1. The van der Waals surface area contributed by atoms with Crippen molar-refractivity contribution in [2.75, 3.05) is 39.1 Å². The van der Waals surface area contributed by atoms with E-state index in [0.29, 0.717) is 26.4 Å². The molecule has 13 nitrogen and oxygen atoms in total. The lowest BCUT2D eigenvalue weighted by Crippen LogP contribution is -2.66. The summed E-state index contributed by atoms with van der Waals surface area (Å²) >= 11 is 13.6. The van der Waals surface area contributed by atoms with Gasteiger partial charge < -0.3 is 30.3 Å². The van der Waals surface area contributed by atoms with Crippen molar-refractivity contribution in [3.8, 4) is 5.75 Å². The van der Waals surface area contributed by atoms with Gasteiger partial charge in [0.05, 0.1) is 47.0 Å². The fraction of sp³-hybridized carbons (Fsp3) is 0.286. The predicted molar refractivity (Wildman–Crippen MR) is 194 cm³/mol. The number of urea groups is 1. The number of hydrogen-bond donors (Lipinski definition) is 2. The van der Waals surface area contributed by atoms with Crippen LogP contribution in [0.4, 0.5) is 9.93 Å². The van der Waals surface area contributed by atoms with E-state index in [1.165, 1.54) is 23.5 Å². The molecule has 3 aromatic carbocycles. The third-order valence-electron chi connectivity index (χ3n) is 8.66. The number of halogens is 2. The smallest absolute Gasteiger partial charge is 0.343 e. The van der Waals surface area contributed by atoms with Gasteiger partial charge in [-0.05, 0) is 47.0 Å². The van der Waals surface area contributed by atoms with Crippen molar-refractivity contribution in [1.82, 2.24) is 30.1 Å². The Kier molecular flexibility index (Phi) is 11.0. The third-order valence-corrected chi connectivity index (χ3v) is 10.2. The van der Waals surface area contributed by atoms with Gasteiger partial charge in [-0.2, -0.15) is 5.01 Å². The number of benzene rings is 3. The first-order valence-electron chi connectivity index (χ1n) is 16.0. The van der Waals surface area contributed by atoms with Crippen LogP contribution in [-0.2, 0) is 38.6 Å². The van der Waals surface area contributed by atoms with Gasteiger partial charge in [0.15, 0.2) is 11.7 Å². The van der Waals surface area contributed by atoms with Gasteiger partial charge in [0.2, 0.25) is 11.8 Å². The summed E-state index contributed by atoms with van der Waals surface area (Å²) in [5.74, 6) is -0.604. The average molecular weight is 753 g/mol. The van der Waals surface area contributed by atoms with Crippen LogP contribution < -0.4 is 15.8 Å². The Morgan fingerprint density at radius 1 is 1.12 bits per heavy atom. The average Bonchev–Trinajstić information content (AvgIpc) is 3.67. The highest BCUT2D eigenvalue weighted by atomic mass is 35.5. The van der Waals surface area contributed by atoms with Crippen LogP contribution in [-0.4, -0.2) is 94.2 Å². The maximum absolute atomic E-state index is 14.4. The van der Waals surface area contributed by atoms with E-state index in [1.807, 2.05) is 18.2 Å². The standard InChI is InChI=1S/C35H35Cl2N7O6S/c1-3-13-42(35(48)39-16-22-9-12-25(36)26(37)14-22)43-19-30(45)44-27(15-21-7-10-24(11-8-21)50-20-31(46)49-2)33(47)41(18-29(43)44)17-23-5-4-6-28-32(23)40-34(38)51-28/h3-12,14,27,29H,1,13,15-20H2,2H3,(H2,38,40)(H,39,48)/t27-,29+/m0/s1. The highest BCUT2D eigenvalue weighted by molar-refractivity contribution is 7.22. The number of ether oxygens (including phenoxy) is 2. The first-order chi connectivity index (χ1) is 24.6. The number of nitrogens with zero attached hydrogens (tertiary/aromatic N) is 5. The Morgan fingerprint density at radius 3 is 2.61 bits per heavy atom. The second kappa shape index (κ2) is 15.6. The minimum Gasteiger partial charge on any atom is -0.482 e. The molecule has 0 unspecified atom stereocenters. The summed E-state index contributed by atoms with van der Waals surface area (Å²) in [4.78, 5) is 61.2. The number of rotatable bonds is 12. The number of thiazole rings is 1. The summed E-state index contributed by atoms with van der Waals surface area (Å²) < 4.78 is 11.0. The van der Waals surface area contributed by atoms with Crippen molar-refractivity contribution in [2.24, 2.45) is 0 Å². The predicted octanol–water partition coefficient (Wildman–Crippen LogP) is 4.47. The number of methoxy groups -OCH3 is 1. The van der Waals surface area contributed by atoms with Gasteiger partial charge in [-0.25, -0.2) is 14.6 Å². The van der Waals surface area contributed by atoms with Crippen LogP contribution in [0.1, 0.15) is 16.7 Å². The molecular weight excluding hydrogens is 717 g/mol. The van der Waals surface area contributed by atoms with Crippen LogP contribution in [0.3, 0.4) is 0 Å². The number of amides is 4. The van der Waals surface area contributed by atoms with Crippen LogP contribution in [0.5, 0.6) is 5.75 Å². The number of carbonyl (C=O) groups excluding carboxylic acids is 4. The van der Waals surface area contributed by atoms with E-state index < -0.39 is 24.2 Å². The number of carbonyl (C=O) groups is 4. The maximum atomic E-state index is 14.4. The fourth-order valence-electron chi connectivity index (χ4n) is 6.24. The summed E-state index contributed by atoms with van der Waals surface area (Å²) in [5, 5.41) is 7.22. The highest BCUT2D eigenvalue weighted by Crippen LogP contribution is 2.33. The Morgan fingerprint density at radius 2 is 1.88 bits per heavy atom. The molecule has 266 valence electrons. The third kappa shape index (κ3) is 7.89. The van der Waals surface area contributed by atoms with Crippen molar-refractivity contribution in [3.63, 3.8) is 0 Å². The van der Waals surface area contributed by atoms with E-state index in [0.717, 1.165) is 21.4 Å². The van der Waals surface area contributed by atoms with Gasteiger partial charge in [-0.3, -0.25) is 14.6 Å². The Bertz CT molecular complexity index is 1980. The molecule has 4 aromatic rings. The van der Waals surface area contributed by atoms with Crippen LogP contribution in [0.2, 0.25) is 10.0 Å². The molecule has 0 bridgehead atoms. The van der Waals surface area contributed by atoms with Crippen molar-refractivity contribution in [2.45, 2.75) is 31.7 Å². The molecule has 4 amide bonds. The van der Waals surface area contributed by atoms with Crippen LogP contribution in [0, 0.1) is 0 Å². The molecule has 0 spiro atoms. The zero-order valence-electron chi connectivity index (χ0n) is 27.6. The lowest BCUT2D eigenvalue weighted by atomic mass is 9.99. The monoisotopic (exact) mass is 751 g/mol.